The van der Waals surface area contributed by atoms with Gasteiger partial charge in [0.25, 0.3) is 0 Å². The summed E-state index contributed by atoms with van der Waals surface area (Å²) < 4.78 is 23.2. The molecule has 0 bridgehead atoms. The van der Waals surface area contributed by atoms with E-state index in [0.717, 1.165) is 6.26 Å². The molecule has 0 aliphatic rings. The molecule has 0 fully saturated rings. The topological polar surface area (TPSA) is 98.0 Å². The Hall–Kier alpha value is -2.15. The molecular formula is C11H12N4O2S. The summed E-state index contributed by atoms with van der Waals surface area (Å²) in [5, 5.41) is 2.84. The van der Waals surface area contributed by atoms with Crippen LogP contribution in [-0.4, -0.2) is 24.6 Å². The summed E-state index contributed by atoms with van der Waals surface area (Å²) in [7, 11) is -3.31. The number of hydrogen-bond acceptors (Lipinski definition) is 6. The Morgan fingerprint density at radius 1 is 1.22 bits per heavy atom. The van der Waals surface area contributed by atoms with Crippen LogP contribution in [0.5, 0.6) is 0 Å². The second-order valence-corrected chi connectivity index (χ2v) is 5.68. The van der Waals surface area contributed by atoms with E-state index in [-0.39, 0.29) is 10.8 Å². The maximum Gasteiger partial charge on any atom is 0.229 e. The minimum absolute atomic E-state index is 0.191. The molecule has 0 saturated carbocycles. The molecule has 0 amide bonds. The summed E-state index contributed by atoms with van der Waals surface area (Å²) in [5.41, 5.74) is 5.95. The molecule has 0 aliphatic heterocycles. The molecule has 0 spiro atoms. The van der Waals surface area contributed by atoms with Gasteiger partial charge in [-0.15, -0.1) is 0 Å². The van der Waals surface area contributed by atoms with Crippen LogP contribution in [0.2, 0.25) is 0 Å². The molecule has 1 aromatic heterocycles. The van der Waals surface area contributed by atoms with Gasteiger partial charge >= 0.3 is 0 Å². The van der Waals surface area contributed by atoms with Crippen molar-refractivity contribution in [3.05, 3.63) is 36.5 Å². The third kappa shape index (κ3) is 2.75. The van der Waals surface area contributed by atoms with Crippen LogP contribution in [-0.2, 0) is 9.84 Å². The zero-order valence-corrected chi connectivity index (χ0v) is 10.5. The van der Waals surface area contributed by atoms with Crippen LogP contribution in [0.3, 0.4) is 0 Å². The van der Waals surface area contributed by atoms with Gasteiger partial charge in [-0.2, -0.15) is 4.98 Å². The predicted molar refractivity (Wildman–Crippen MR) is 69.3 cm³/mol. The zero-order valence-electron chi connectivity index (χ0n) is 9.66. The Balaban J connectivity index is 2.41. The van der Waals surface area contributed by atoms with Gasteiger partial charge in [-0.3, -0.25) is 0 Å². The van der Waals surface area contributed by atoms with Crippen molar-refractivity contribution in [2.45, 2.75) is 4.90 Å². The lowest BCUT2D eigenvalue weighted by Gasteiger charge is -2.09. The van der Waals surface area contributed by atoms with E-state index >= 15 is 0 Å². The van der Waals surface area contributed by atoms with Crippen LogP contribution in [0, 0.1) is 0 Å². The van der Waals surface area contributed by atoms with Gasteiger partial charge in [0, 0.05) is 12.5 Å². The van der Waals surface area contributed by atoms with Crippen molar-refractivity contribution in [2.75, 3.05) is 17.3 Å². The molecule has 0 saturated heterocycles. The van der Waals surface area contributed by atoms with Gasteiger partial charge in [-0.1, -0.05) is 12.1 Å². The van der Waals surface area contributed by atoms with Gasteiger partial charge in [0.15, 0.2) is 9.84 Å². The fourth-order valence-corrected chi connectivity index (χ4v) is 2.29. The van der Waals surface area contributed by atoms with Gasteiger partial charge in [-0.05, 0) is 18.2 Å². The molecule has 0 atom stereocenters. The molecule has 7 heteroatoms. The molecule has 6 nitrogen and oxygen atoms in total. The molecular weight excluding hydrogens is 252 g/mol. The molecule has 1 aromatic carbocycles. The number of para-hydroxylation sites is 1. The molecule has 2 rings (SSSR count). The number of nitrogens with one attached hydrogen (secondary N) is 1. The van der Waals surface area contributed by atoms with E-state index in [9.17, 15) is 8.42 Å². The Morgan fingerprint density at radius 3 is 2.61 bits per heavy atom. The average molecular weight is 264 g/mol. The Kier molecular flexibility index (Phi) is 3.15. The molecule has 2 aromatic rings. The number of rotatable bonds is 3. The largest absolute Gasteiger partial charge is 0.384 e. The summed E-state index contributed by atoms with van der Waals surface area (Å²) in [5.74, 6) is 0.565. The summed E-state index contributed by atoms with van der Waals surface area (Å²) >= 11 is 0. The lowest BCUT2D eigenvalue weighted by atomic mass is 10.3. The highest BCUT2D eigenvalue weighted by atomic mass is 32.2. The van der Waals surface area contributed by atoms with Crippen molar-refractivity contribution in [2.24, 2.45) is 0 Å². The fraction of sp³-hybridized carbons (Fsp3) is 0.0909. The Morgan fingerprint density at radius 2 is 1.94 bits per heavy atom. The number of anilines is 3. The zero-order chi connectivity index (χ0) is 13.2. The van der Waals surface area contributed by atoms with Gasteiger partial charge in [0.2, 0.25) is 5.95 Å². The first kappa shape index (κ1) is 12.3. The number of sulfone groups is 1. The Labute approximate surface area is 105 Å². The standard InChI is InChI=1S/C11H12N4O2S/c1-18(16,17)9-5-3-2-4-8(9)14-11-13-7-6-10(12)15-11/h2-7H,1H3,(H3,12,13,14,15). The van der Waals surface area contributed by atoms with Crippen LogP contribution in [0.1, 0.15) is 0 Å². The van der Waals surface area contributed by atoms with Crippen LogP contribution >= 0.6 is 0 Å². The van der Waals surface area contributed by atoms with Gasteiger partial charge in [0.05, 0.1) is 10.6 Å². The van der Waals surface area contributed by atoms with Crippen molar-refractivity contribution in [3.63, 3.8) is 0 Å². The highest BCUT2D eigenvalue weighted by Crippen LogP contribution is 2.23. The van der Waals surface area contributed by atoms with Crippen LogP contribution < -0.4 is 11.1 Å². The predicted octanol–water partition coefficient (Wildman–Crippen LogP) is 1.21. The Bertz CT molecular complexity index is 670. The molecule has 0 unspecified atom stereocenters. The third-order valence-corrected chi connectivity index (χ3v) is 3.37. The van der Waals surface area contributed by atoms with Crippen molar-refractivity contribution < 1.29 is 8.42 Å². The number of nitrogens with two attached hydrogens (primary N) is 1. The van der Waals surface area contributed by atoms with E-state index in [2.05, 4.69) is 15.3 Å². The van der Waals surface area contributed by atoms with Crippen molar-refractivity contribution in [1.29, 1.82) is 0 Å². The number of aromatic nitrogens is 2. The average Bonchev–Trinajstić information content (AvgIpc) is 2.28. The maximum absolute atomic E-state index is 11.6. The second kappa shape index (κ2) is 4.61. The number of benzene rings is 1. The van der Waals surface area contributed by atoms with Gasteiger partial charge in [0.1, 0.15) is 5.82 Å². The van der Waals surface area contributed by atoms with Crippen molar-refractivity contribution >= 4 is 27.3 Å². The summed E-state index contributed by atoms with van der Waals surface area (Å²) in [4.78, 5) is 8.10. The second-order valence-electron chi connectivity index (χ2n) is 3.70. The molecule has 0 aliphatic carbocycles. The molecule has 0 radical (unpaired) electrons. The molecule has 1 heterocycles. The van der Waals surface area contributed by atoms with Gasteiger partial charge < -0.3 is 11.1 Å². The van der Waals surface area contributed by atoms with E-state index in [4.69, 9.17) is 5.73 Å². The first-order valence-electron chi connectivity index (χ1n) is 5.11. The van der Waals surface area contributed by atoms with Gasteiger partial charge in [-0.25, -0.2) is 13.4 Å². The van der Waals surface area contributed by atoms with Crippen molar-refractivity contribution in [3.8, 4) is 0 Å². The quantitative estimate of drug-likeness (QED) is 0.864. The summed E-state index contributed by atoms with van der Waals surface area (Å²) in [6, 6.07) is 8.09. The molecule has 18 heavy (non-hydrogen) atoms. The van der Waals surface area contributed by atoms with E-state index in [1.165, 1.54) is 12.3 Å². The highest BCUT2D eigenvalue weighted by molar-refractivity contribution is 7.90. The summed E-state index contributed by atoms with van der Waals surface area (Å²) in [6.45, 7) is 0. The number of nitrogen functional groups attached to an aromatic ring is 1. The normalized spacial score (nSPS) is 11.2. The smallest absolute Gasteiger partial charge is 0.229 e. The maximum atomic E-state index is 11.6. The minimum Gasteiger partial charge on any atom is -0.384 e. The molecule has 94 valence electrons. The number of nitrogens with zero attached hydrogens (tertiary/aromatic N) is 2. The minimum atomic E-state index is -3.31. The van der Waals surface area contributed by atoms with Crippen LogP contribution in [0.4, 0.5) is 17.5 Å². The molecule has 3 N–H and O–H groups in total. The summed E-state index contributed by atoms with van der Waals surface area (Å²) in [6.07, 6.45) is 2.64. The SMILES string of the molecule is CS(=O)(=O)c1ccccc1Nc1nccc(N)n1. The first-order chi connectivity index (χ1) is 8.47. The van der Waals surface area contributed by atoms with Crippen molar-refractivity contribution in [1.82, 2.24) is 9.97 Å². The first-order valence-corrected chi connectivity index (χ1v) is 7.00. The fourth-order valence-electron chi connectivity index (χ4n) is 1.45. The van der Waals surface area contributed by atoms with Crippen LogP contribution in [0.15, 0.2) is 41.4 Å². The van der Waals surface area contributed by atoms with E-state index < -0.39 is 9.84 Å². The van der Waals surface area contributed by atoms with E-state index in [1.807, 2.05) is 0 Å². The van der Waals surface area contributed by atoms with E-state index in [0.29, 0.717) is 11.5 Å². The lowest BCUT2D eigenvalue weighted by Crippen LogP contribution is -2.05. The number of hydrogen-bond donors (Lipinski definition) is 2. The van der Waals surface area contributed by atoms with E-state index in [1.54, 1.807) is 24.3 Å². The third-order valence-electron chi connectivity index (χ3n) is 2.21. The van der Waals surface area contributed by atoms with Crippen LogP contribution in [0.25, 0.3) is 0 Å². The lowest BCUT2D eigenvalue weighted by molar-refractivity contribution is 0.602. The monoisotopic (exact) mass is 264 g/mol. The highest BCUT2D eigenvalue weighted by Gasteiger charge is 2.13.